The third kappa shape index (κ3) is 2.10. The van der Waals surface area contributed by atoms with Crippen molar-refractivity contribution in [3.8, 4) is 5.75 Å². The summed E-state index contributed by atoms with van der Waals surface area (Å²) in [5.74, 6) is 0.837. The van der Waals surface area contributed by atoms with Gasteiger partial charge in [0.1, 0.15) is 5.75 Å². The van der Waals surface area contributed by atoms with E-state index in [0.29, 0.717) is 0 Å². The van der Waals surface area contributed by atoms with Gasteiger partial charge in [-0.25, -0.2) is 0 Å². The lowest BCUT2D eigenvalue weighted by Crippen LogP contribution is -2.26. The van der Waals surface area contributed by atoms with E-state index in [4.69, 9.17) is 4.74 Å². The van der Waals surface area contributed by atoms with E-state index in [1.54, 1.807) is 25.8 Å². The van der Waals surface area contributed by atoms with Crippen LogP contribution in [0.5, 0.6) is 5.75 Å². The highest BCUT2D eigenvalue weighted by molar-refractivity contribution is 7.99. The van der Waals surface area contributed by atoms with Crippen LogP contribution in [-0.2, 0) is 4.79 Å². The minimum atomic E-state index is 0.00863. The molecule has 0 aromatic heterocycles. The molecular formula is C19H15NO2S. The first-order valence-corrected chi connectivity index (χ1v) is 8.19. The molecule has 0 radical (unpaired) electrons. The summed E-state index contributed by atoms with van der Waals surface area (Å²) in [7, 11) is 1.68. The molecule has 1 aliphatic rings. The Balaban J connectivity index is 2.10. The maximum Gasteiger partial charge on any atom is 0.228 e. The molecule has 114 valence electrons. The monoisotopic (exact) mass is 321 g/mol. The first-order chi connectivity index (χ1) is 11.2. The van der Waals surface area contributed by atoms with Crippen molar-refractivity contribution in [1.82, 2.24) is 0 Å². The first-order valence-electron chi connectivity index (χ1n) is 7.38. The molecule has 4 heteroatoms. The van der Waals surface area contributed by atoms with Gasteiger partial charge in [-0.05, 0) is 18.2 Å². The third-order valence-corrected chi connectivity index (χ3v) is 5.12. The number of nitrogens with zero attached hydrogens (tertiary/aromatic N) is 1. The Morgan fingerprint density at radius 2 is 1.70 bits per heavy atom. The van der Waals surface area contributed by atoms with Gasteiger partial charge in [-0.15, -0.1) is 0 Å². The normalized spacial score (nSPS) is 12.7. The van der Waals surface area contributed by atoms with Crippen LogP contribution in [0.2, 0.25) is 0 Å². The molecule has 3 aromatic rings. The molecule has 0 fully saturated rings. The Labute approximate surface area is 138 Å². The number of hydrogen-bond donors (Lipinski definition) is 0. The van der Waals surface area contributed by atoms with Crippen molar-refractivity contribution in [3.63, 3.8) is 0 Å². The van der Waals surface area contributed by atoms with E-state index < -0.39 is 0 Å². The smallest absolute Gasteiger partial charge is 0.228 e. The van der Waals surface area contributed by atoms with E-state index in [2.05, 4.69) is 0 Å². The van der Waals surface area contributed by atoms with Crippen molar-refractivity contribution in [1.29, 1.82) is 0 Å². The van der Waals surface area contributed by atoms with Gasteiger partial charge < -0.3 is 4.74 Å². The Kier molecular flexibility index (Phi) is 3.27. The number of fused-ring (bicyclic) bond motifs is 4. The molecule has 0 saturated heterocycles. The fourth-order valence-electron chi connectivity index (χ4n) is 3.07. The van der Waals surface area contributed by atoms with E-state index >= 15 is 0 Å². The quantitative estimate of drug-likeness (QED) is 0.632. The summed E-state index contributed by atoms with van der Waals surface area (Å²) in [6.45, 7) is 1.61. The van der Waals surface area contributed by atoms with Gasteiger partial charge in [0, 0.05) is 27.5 Å². The van der Waals surface area contributed by atoms with Crippen molar-refractivity contribution >= 4 is 39.8 Å². The number of amides is 1. The zero-order chi connectivity index (χ0) is 16.0. The fourth-order valence-corrected chi connectivity index (χ4v) is 4.19. The van der Waals surface area contributed by atoms with E-state index in [1.165, 1.54) is 0 Å². The molecule has 0 saturated carbocycles. The highest BCUT2D eigenvalue weighted by Crippen LogP contribution is 2.52. The number of rotatable bonds is 1. The summed E-state index contributed by atoms with van der Waals surface area (Å²) in [6, 6.07) is 18.1. The number of hydrogen-bond acceptors (Lipinski definition) is 3. The number of benzene rings is 3. The molecular weight excluding hydrogens is 306 g/mol. The topological polar surface area (TPSA) is 29.5 Å². The van der Waals surface area contributed by atoms with E-state index in [-0.39, 0.29) is 5.91 Å². The van der Waals surface area contributed by atoms with Crippen LogP contribution in [0.25, 0.3) is 10.8 Å². The van der Waals surface area contributed by atoms with Gasteiger partial charge >= 0.3 is 0 Å². The van der Waals surface area contributed by atoms with Crippen LogP contribution in [-0.4, -0.2) is 13.0 Å². The molecule has 1 aliphatic heterocycles. The number of anilines is 2. The van der Waals surface area contributed by atoms with Crippen LogP contribution in [0.1, 0.15) is 6.92 Å². The van der Waals surface area contributed by atoms with Crippen molar-refractivity contribution < 1.29 is 9.53 Å². The summed E-state index contributed by atoms with van der Waals surface area (Å²) < 4.78 is 5.56. The molecule has 0 N–H and O–H groups in total. The van der Waals surface area contributed by atoms with Gasteiger partial charge in [0.25, 0.3) is 0 Å². The number of para-hydroxylation sites is 1. The average Bonchev–Trinajstić information content (AvgIpc) is 2.58. The average molecular weight is 321 g/mol. The Bertz CT molecular complexity index is 936. The van der Waals surface area contributed by atoms with Gasteiger partial charge in [-0.2, -0.15) is 0 Å². The van der Waals surface area contributed by atoms with E-state index in [9.17, 15) is 4.79 Å². The van der Waals surface area contributed by atoms with E-state index in [0.717, 1.165) is 37.7 Å². The first kappa shape index (κ1) is 14.2. The van der Waals surface area contributed by atoms with Crippen LogP contribution in [0.15, 0.2) is 64.4 Å². The molecule has 3 nitrogen and oxygen atoms in total. The van der Waals surface area contributed by atoms with Crippen LogP contribution < -0.4 is 9.64 Å². The molecule has 0 spiro atoms. The minimum absolute atomic E-state index is 0.00863. The fraction of sp³-hybridized carbons (Fsp3) is 0.105. The summed E-state index contributed by atoms with van der Waals surface area (Å²) >= 11 is 1.67. The second-order valence-electron chi connectivity index (χ2n) is 5.40. The third-order valence-electron chi connectivity index (χ3n) is 4.03. The highest BCUT2D eigenvalue weighted by atomic mass is 32.2. The minimum Gasteiger partial charge on any atom is -0.496 e. The van der Waals surface area contributed by atoms with Crippen molar-refractivity contribution in [2.75, 3.05) is 12.0 Å². The Morgan fingerprint density at radius 1 is 1.00 bits per heavy atom. The number of carbonyl (C=O) groups is 1. The lowest BCUT2D eigenvalue weighted by molar-refractivity contribution is -0.115. The molecule has 0 atom stereocenters. The van der Waals surface area contributed by atoms with Gasteiger partial charge in [0.15, 0.2) is 0 Å². The van der Waals surface area contributed by atoms with E-state index in [1.807, 2.05) is 59.5 Å². The Hall–Kier alpha value is -2.46. The van der Waals surface area contributed by atoms with Crippen molar-refractivity contribution in [2.24, 2.45) is 0 Å². The maximum absolute atomic E-state index is 12.4. The number of methoxy groups -OCH3 is 1. The molecule has 0 bridgehead atoms. The lowest BCUT2D eigenvalue weighted by Gasteiger charge is -2.31. The molecule has 23 heavy (non-hydrogen) atoms. The molecule has 1 heterocycles. The summed E-state index contributed by atoms with van der Waals surface area (Å²) in [5, 5.41) is 2.04. The van der Waals surface area contributed by atoms with Gasteiger partial charge in [-0.3, -0.25) is 9.69 Å². The lowest BCUT2D eigenvalue weighted by atomic mass is 10.1. The molecule has 3 aromatic carbocycles. The van der Waals surface area contributed by atoms with Crippen molar-refractivity contribution in [2.45, 2.75) is 16.7 Å². The predicted molar refractivity (Wildman–Crippen MR) is 93.9 cm³/mol. The Morgan fingerprint density at radius 3 is 2.43 bits per heavy atom. The second-order valence-corrected chi connectivity index (χ2v) is 6.48. The van der Waals surface area contributed by atoms with Crippen LogP contribution >= 0.6 is 11.8 Å². The van der Waals surface area contributed by atoms with Gasteiger partial charge in [0.05, 0.1) is 18.5 Å². The maximum atomic E-state index is 12.4. The van der Waals surface area contributed by atoms with Crippen LogP contribution in [0.3, 0.4) is 0 Å². The molecule has 0 unspecified atom stereocenters. The second kappa shape index (κ2) is 5.32. The largest absolute Gasteiger partial charge is 0.496 e. The summed E-state index contributed by atoms with van der Waals surface area (Å²) in [4.78, 5) is 16.3. The molecule has 1 amide bonds. The summed E-state index contributed by atoms with van der Waals surface area (Å²) in [6.07, 6.45) is 0. The zero-order valence-corrected chi connectivity index (χ0v) is 13.7. The van der Waals surface area contributed by atoms with Crippen LogP contribution in [0.4, 0.5) is 11.4 Å². The molecule has 4 rings (SSSR count). The molecule has 0 aliphatic carbocycles. The summed E-state index contributed by atoms with van der Waals surface area (Å²) in [5.41, 5.74) is 1.88. The standard InChI is InChI=1S/C19H15NO2S/c1-12(21)20-15-9-5-6-10-17(15)23-18-11-16(22-2)13-7-3-4-8-14(13)19(18)20/h3-11H,1-2H3. The van der Waals surface area contributed by atoms with Crippen molar-refractivity contribution in [3.05, 3.63) is 54.6 Å². The SMILES string of the molecule is COc1cc2c(c3ccccc13)N(C(C)=O)c1ccccc1S2. The van der Waals surface area contributed by atoms with Gasteiger partial charge in [-0.1, -0.05) is 48.2 Å². The van der Waals surface area contributed by atoms with Gasteiger partial charge in [0.2, 0.25) is 5.91 Å². The predicted octanol–water partition coefficient (Wildman–Crippen LogP) is 5.00. The highest BCUT2D eigenvalue weighted by Gasteiger charge is 2.28. The number of carbonyl (C=O) groups excluding carboxylic acids is 1. The zero-order valence-electron chi connectivity index (χ0n) is 12.9. The number of ether oxygens (including phenoxy) is 1. The van der Waals surface area contributed by atoms with Crippen LogP contribution in [0, 0.1) is 0 Å².